The molecule has 180 valence electrons. The Balaban J connectivity index is 1.74. The van der Waals surface area contributed by atoms with Crippen LogP contribution in [-0.4, -0.2) is 24.9 Å². The zero-order chi connectivity index (χ0) is 25.6. The lowest BCUT2D eigenvalue weighted by Gasteiger charge is -2.15. The normalized spacial score (nSPS) is 11.2. The van der Waals surface area contributed by atoms with Crippen LogP contribution in [0.2, 0.25) is 0 Å². The molecule has 0 spiro atoms. The molecular weight excluding hydrogens is 468 g/mol. The monoisotopic (exact) mass is 486 g/mol. The minimum Gasteiger partial charge on any atom is -0.465 e. The van der Waals surface area contributed by atoms with Crippen LogP contribution in [0.25, 0.3) is 6.08 Å². The van der Waals surface area contributed by atoms with Crippen molar-refractivity contribution in [2.75, 3.05) is 17.7 Å². The van der Waals surface area contributed by atoms with E-state index < -0.39 is 41.0 Å². The number of rotatable bonds is 6. The second-order valence-corrected chi connectivity index (χ2v) is 7.16. The first-order valence-corrected chi connectivity index (χ1v) is 10.0. The fourth-order valence-corrected chi connectivity index (χ4v) is 2.96. The first-order valence-electron chi connectivity index (χ1n) is 10.0. The van der Waals surface area contributed by atoms with Gasteiger partial charge in [0, 0.05) is 17.3 Å². The summed E-state index contributed by atoms with van der Waals surface area (Å²) in [7, 11) is 1.24. The average Bonchev–Trinajstić information content (AvgIpc) is 2.83. The summed E-state index contributed by atoms with van der Waals surface area (Å²) in [6.45, 7) is 0. The van der Waals surface area contributed by atoms with Crippen LogP contribution in [0.1, 0.15) is 31.8 Å². The summed E-state index contributed by atoms with van der Waals surface area (Å²) in [6.07, 6.45) is -2.43. The molecule has 6 nitrogen and oxygen atoms in total. The minimum atomic E-state index is -4.83. The smallest absolute Gasteiger partial charge is 0.418 e. The molecule has 0 bridgehead atoms. The molecule has 0 saturated carbocycles. The number of carbonyl (C=O) groups excluding carboxylic acids is 3. The molecule has 0 unspecified atom stereocenters. The van der Waals surface area contributed by atoms with E-state index in [2.05, 4.69) is 15.4 Å². The summed E-state index contributed by atoms with van der Waals surface area (Å²) in [5.41, 5.74) is -0.947. The van der Waals surface area contributed by atoms with Gasteiger partial charge < -0.3 is 15.4 Å². The zero-order valence-electron chi connectivity index (χ0n) is 18.2. The molecule has 3 aromatic rings. The lowest BCUT2D eigenvalue weighted by atomic mass is 10.1. The van der Waals surface area contributed by atoms with E-state index >= 15 is 0 Å². The summed E-state index contributed by atoms with van der Waals surface area (Å²) in [4.78, 5) is 35.9. The average molecular weight is 486 g/mol. The van der Waals surface area contributed by atoms with Gasteiger partial charge in [-0.15, -0.1) is 0 Å². The molecule has 0 aromatic heterocycles. The summed E-state index contributed by atoms with van der Waals surface area (Å²) in [6, 6.07) is 13.4. The van der Waals surface area contributed by atoms with E-state index in [1.165, 1.54) is 55.7 Å². The molecule has 10 heteroatoms. The van der Waals surface area contributed by atoms with Crippen molar-refractivity contribution in [2.45, 2.75) is 6.18 Å². The van der Waals surface area contributed by atoms with Gasteiger partial charge in [-0.3, -0.25) is 9.59 Å². The predicted octanol–water partition coefficient (Wildman–Crippen LogP) is 5.54. The fourth-order valence-electron chi connectivity index (χ4n) is 2.96. The number of anilines is 2. The van der Waals surface area contributed by atoms with E-state index in [-0.39, 0.29) is 11.3 Å². The van der Waals surface area contributed by atoms with E-state index in [4.69, 9.17) is 0 Å². The number of nitrogens with one attached hydrogen (secondary N) is 2. The molecular formula is C25H18F4N2O4. The van der Waals surface area contributed by atoms with E-state index in [1.54, 1.807) is 0 Å². The maximum Gasteiger partial charge on any atom is 0.418 e. The van der Waals surface area contributed by atoms with Crippen molar-refractivity contribution in [3.8, 4) is 0 Å². The second kappa shape index (κ2) is 10.6. The number of esters is 1. The van der Waals surface area contributed by atoms with Crippen molar-refractivity contribution in [1.29, 1.82) is 0 Å². The van der Waals surface area contributed by atoms with Gasteiger partial charge in [-0.1, -0.05) is 12.1 Å². The highest BCUT2D eigenvalue weighted by Gasteiger charge is 2.34. The number of hydrogen-bond donors (Lipinski definition) is 2. The summed E-state index contributed by atoms with van der Waals surface area (Å²) >= 11 is 0. The SMILES string of the molecule is COC(=O)c1ccc(/C=C/C(=O)Nc2ccc(NC(=O)c3ccc(F)cc3)cc2C(F)(F)F)cc1. The Labute approximate surface area is 197 Å². The number of benzene rings is 3. The Morgan fingerprint density at radius 2 is 1.49 bits per heavy atom. The van der Waals surface area contributed by atoms with E-state index in [0.717, 1.165) is 24.3 Å². The molecule has 0 saturated heterocycles. The van der Waals surface area contributed by atoms with Crippen LogP contribution in [0.5, 0.6) is 0 Å². The van der Waals surface area contributed by atoms with Crippen molar-refractivity contribution in [2.24, 2.45) is 0 Å². The molecule has 3 rings (SSSR count). The Hall–Kier alpha value is -4.47. The lowest BCUT2D eigenvalue weighted by molar-refractivity contribution is -0.136. The number of carbonyl (C=O) groups is 3. The highest BCUT2D eigenvalue weighted by Crippen LogP contribution is 2.36. The first kappa shape index (κ1) is 25.2. The molecule has 3 aromatic carbocycles. The lowest BCUT2D eigenvalue weighted by Crippen LogP contribution is -2.17. The molecule has 0 radical (unpaired) electrons. The van der Waals surface area contributed by atoms with Crippen LogP contribution in [0, 0.1) is 5.82 Å². The molecule has 0 aliphatic carbocycles. The number of amides is 2. The van der Waals surface area contributed by atoms with Crippen LogP contribution < -0.4 is 10.6 Å². The molecule has 0 atom stereocenters. The largest absolute Gasteiger partial charge is 0.465 e. The molecule has 0 fully saturated rings. The van der Waals surface area contributed by atoms with E-state index in [0.29, 0.717) is 17.2 Å². The first-order chi connectivity index (χ1) is 16.6. The quantitative estimate of drug-likeness (QED) is 0.272. The van der Waals surface area contributed by atoms with Crippen LogP contribution in [-0.2, 0) is 15.7 Å². The van der Waals surface area contributed by atoms with Gasteiger partial charge >= 0.3 is 12.1 Å². The van der Waals surface area contributed by atoms with Crippen LogP contribution in [0.15, 0.2) is 72.8 Å². The molecule has 2 amide bonds. The number of alkyl halides is 3. The van der Waals surface area contributed by atoms with Crippen LogP contribution in [0.3, 0.4) is 0 Å². The van der Waals surface area contributed by atoms with Crippen molar-refractivity contribution in [1.82, 2.24) is 0 Å². The summed E-state index contributed by atoms with van der Waals surface area (Å²) in [5.74, 6) is -2.64. The topological polar surface area (TPSA) is 84.5 Å². The third-order valence-corrected chi connectivity index (χ3v) is 4.71. The molecule has 0 aliphatic heterocycles. The summed E-state index contributed by atoms with van der Waals surface area (Å²) in [5, 5.41) is 4.48. The fraction of sp³-hybridized carbons (Fsp3) is 0.0800. The molecule has 0 heterocycles. The van der Waals surface area contributed by atoms with Crippen molar-refractivity contribution in [3.05, 3.63) is 101 Å². The highest BCUT2D eigenvalue weighted by molar-refractivity contribution is 6.05. The third-order valence-electron chi connectivity index (χ3n) is 4.71. The van der Waals surface area contributed by atoms with E-state index in [1.807, 2.05) is 0 Å². The number of methoxy groups -OCH3 is 1. The van der Waals surface area contributed by atoms with Crippen molar-refractivity contribution in [3.63, 3.8) is 0 Å². The van der Waals surface area contributed by atoms with Gasteiger partial charge in [0.1, 0.15) is 5.82 Å². The Bertz CT molecular complexity index is 1270. The second-order valence-electron chi connectivity index (χ2n) is 7.16. The zero-order valence-corrected chi connectivity index (χ0v) is 18.2. The highest BCUT2D eigenvalue weighted by atomic mass is 19.4. The number of ether oxygens (including phenoxy) is 1. The molecule has 0 aliphatic rings. The number of halogens is 4. The van der Waals surface area contributed by atoms with Gasteiger partial charge in [0.2, 0.25) is 5.91 Å². The Kier molecular flexibility index (Phi) is 7.65. The van der Waals surface area contributed by atoms with Gasteiger partial charge in [-0.2, -0.15) is 13.2 Å². The standard InChI is InChI=1S/C25H18F4N2O4/c1-35-24(34)17-5-2-15(3-6-17)4-13-22(32)31-21-12-11-19(14-20(21)25(27,28)29)30-23(33)16-7-9-18(26)10-8-16/h2-14H,1H3,(H,30,33)(H,31,32)/b13-4+. The van der Waals surface area contributed by atoms with E-state index in [9.17, 15) is 31.9 Å². The van der Waals surface area contributed by atoms with Gasteiger partial charge in [-0.05, 0) is 66.2 Å². The molecule has 2 N–H and O–H groups in total. The minimum absolute atomic E-state index is 0.0575. The Morgan fingerprint density at radius 3 is 2.09 bits per heavy atom. The predicted molar refractivity (Wildman–Crippen MR) is 121 cm³/mol. The summed E-state index contributed by atoms with van der Waals surface area (Å²) < 4.78 is 58.4. The van der Waals surface area contributed by atoms with Crippen LogP contribution >= 0.6 is 0 Å². The molecule has 35 heavy (non-hydrogen) atoms. The van der Waals surface area contributed by atoms with Gasteiger partial charge in [-0.25, -0.2) is 9.18 Å². The Morgan fingerprint density at radius 1 is 0.857 bits per heavy atom. The van der Waals surface area contributed by atoms with Crippen molar-refractivity contribution >= 4 is 35.2 Å². The van der Waals surface area contributed by atoms with Crippen molar-refractivity contribution < 1.29 is 36.7 Å². The third kappa shape index (κ3) is 6.76. The van der Waals surface area contributed by atoms with Gasteiger partial charge in [0.25, 0.3) is 5.91 Å². The van der Waals surface area contributed by atoms with Gasteiger partial charge in [0.05, 0.1) is 23.9 Å². The maximum atomic E-state index is 13.6. The van der Waals surface area contributed by atoms with Gasteiger partial charge in [0.15, 0.2) is 0 Å². The number of hydrogen-bond acceptors (Lipinski definition) is 4. The maximum absolute atomic E-state index is 13.6. The van der Waals surface area contributed by atoms with Crippen LogP contribution in [0.4, 0.5) is 28.9 Å².